The van der Waals surface area contributed by atoms with Crippen LogP contribution in [0.5, 0.6) is 5.75 Å². The second-order valence-corrected chi connectivity index (χ2v) is 5.30. The number of aromatic nitrogens is 1. The van der Waals surface area contributed by atoms with Crippen LogP contribution in [-0.4, -0.2) is 12.1 Å². The molecule has 1 aromatic heterocycles. The van der Waals surface area contributed by atoms with E-state index < -0.39 is 0 Å². The van der Waals surface area contributed by atoms with Crippen LogP contribution in [0.25, 0.3) is 0 Å². The van der Waals surface area contributed by atoms with E-state index in [0.717, 1.165) is 28.0 Å². The summed E-state index contributed by atoms with van der Waals surface area (Å²) >= 11 is 3.45. The monoisotopic (exact) mass is 338 g/mol. The van der Waals surface area contributed by atoms with Crippen LogP contribution in [0.3, 0.4) is 0 Å². The van der Waals surface area contributed by atoms with Gasteiger partial charge in [0.25, 0.3) is 0 Å². The fourth-order valence-electron chi connectivity index (χ4n) is 1.94. The summed E-state index contributed by atoms with van der Waals surface area (Å²) < 4.78 is 19.1. The zero-order valence-corrected chi connectivity index (χ0v) is 12.9. The molecule has 0 aliphatic heterocycles. The number of hydrogen-bond donors (Lipinski definition) is 1. The zero-order valence-electron chi connectivity index (χ0n) is 11.4. The Morgan fingerprint density at radius 3 is 2.75 bits per heavy atom. The topological polar surface area (TPSA) is 34.1 Å². The van der Waals surface area contributed by atoms with Crippen LogP contribution in [0.4, 0.5) is 10.1 Å². The Morgan fingerprint density at radius 2 is 2.15 bits per heavy atom. The van der Waals surface area contributed by atoms with Crippen molar-refractivity contribution in [2.24, 2.45) is 0 Å². The Labute approximate surface area is 126 Å². The van der Waals surface area contributed by atoms with Crippen LogP contribution >= 0.6 is 15.9 Å². The molecule has 0 radical (unpaired) electrons. The minimum atomic E-state index is -0.326. The number of nitrogens with one attached hydrogen (secondary N) is 1. The summed E-state index contributed by atoms with van der Waals surface area (Å²) in [5.74, 6) is 0.441. The van der Waals surface area contributed by atoms with Crippen molar-refractivity contribution >= 4 is 21.6 Å². The third-order valence-electron chi connectivity index (χ3n) is 2.96. The summed E-state index contributed by atoms with van der Waals surface area (Å²) in [6.07, 6.45) is 2.08. The van der Waals surface area contributed by atoms with E-state index in [1.807, 2.05) is 18.2 Å². The van der Waals surface area contributed by atoms with E-state index in [4.69, 9.17) is 4.74 Å². The molecule has 106 valence electrons. The SMILES string of the molecule is CCC(Nc1cc(Br)cc(OC)c1)c1ccc(F)cn1. The van der Waals surface area contributed by atoms with Gasteiger partial charge in [-0.25, -0.2) is 4.39 Å². The standard InChI is InChI=1S/C15H16BrFN2O/c1-3-14(15-5-4-11(17)9-18-15)19-12-6-10(16)7-13(8-12)20-2/h4-9,14,19H,3H2,1-2H3. The van der Waals surface area contributed by atoms with Crippen LogP contribution in [0.1, 0.15) is 25.1 Å². The van der Waals surface area contributed by atoms with Gasteiger partial charge in [0.2, 0.25) is 0 Å². The summed E-state index contributed by atoms with van der Waals surface area (Å²) in [7, 11) is 1.63. The van der Waals surface area contributed by atoms with Crippen LogP contribution in [0.15, 0.2) is 41.0 Å². The van der Waals surface area contributed by atoms with E-state index in [-0.39, 0.29) is 11.9 Å². The molecule has 0 saturated carbocycles. The molecule has 1 unspecified atom stereocenters. The Bertz CT molecular complexity index is 575. The van der Waals surface area contributed by atoms with E-state index in [1.165, 1.54) is 12.3 Å². The number of ether oxygens (including phenoxy) is 1. The number of halogens is 2. The number of rotatable bonds is 5. The lowest BCUT2D eigenvalue weighted by atomic mass is 10.1. The number of hydrogen-bond acceptors (Lipinski definition) is 3. The first-order valence-corrected chi connectivity index (χ1v) is 7.14. The molecule has 3 nitrogen and oxygen atoms in total. The third-order valence-corrected chi connectivity index (χ3v) is 3.42. The second kappa shape index (κ2) is 6.70. The summed E-state index contributed by atoms with van der Waals surface area (Å²) in [6, 6.07) is 8.92. The Kier molecular flexibility index (Phi) is 4.95. The molecule has 0 bridgehead atoms. The average molecular weight is 339 g/mol. The van der Waals surface area contributed by atoms with Crippen molar-refractivity contribution in [1.82, 2.24) is 4.98 Å². The van der Waals surface area contributed by atoms with Crippen molar-refractivity contribution in [1.29, 1.82) is 0 Å². The van der Waals surface area contributed by atoms with Crippen molar-refractivity contribution in [3.8, 4) is 5.75 Å². The van der Waals surface area contributed by atoms with Gasteiger partial charge in [0.15, 0.2) is 0 Å². The maximum atomic E-state index is 12.9. The van der Waals surface area contributed by atoms with Gasteiger partial charge < -0.3 is 10.1 Å². The molecule has 0 aliphatic rings. The minimum Gasteiger partial charge on any atom is -0.497 e. The van der Waals surface area contributed by atoms with E-state index in [9.17, 15) is 4.39 Å². The van der Waals surface area contributed by atoms with Gasteiger partial charge in [-0.1, -0.05) is 22.9 Å². The molecule has 2 rings (SSSR count). The van der Waals surface area contributed by atoms with Crippen LogP contribution in [0, 0.1) is 5.82 Å². The molecular weight excluding hydrogens is 323 g/mol. The van der Waals surface area contributed by atoms with Gasteiger partial charge in [-0.05, 0) is 30.7 Å². The van der Waals surface area contributed by atoms with Crippen molar-refractivity contribution in [2.45, 2.75) is 19.4 Å². The summed E-state index contributed by atoms with van der Waals surface area (Å²) in [5.41, 5.74) is 1.74. The molecule has 0 fully saturated rings. The molecule has 1 aromatic carbocycles. The maximum Gasteiger partial charge on any atom is 0.141 e. The van der Waals surface area contributed by atoms with Gasteiger partial charge in [-0.15, -0.1) is 0 Å². The van der Waals surface area contributed by atoms with Gasteiger partial charge in [0, 0.05) is 16.2 Å². The van der Waals surface area contributed by atoms with Gasteiger partial charge in [0.05, 0.1) is 25.0 Å². The smallest absolute Gasteiger partial charge is 0.141 e. The Balaban J connectivity index is 2.21. The highest BCUT2D eigenvalue weighted by Gasteiger charge is 2.11. The first-order chi connectivity index (χ1) is 9.62. The van der Waals surface area contributed by atoms with E-state index in [2.05, 4.69) is 33.2 Å². The molecular formula is C15H16BrFN2O. The average Bonchev–Trinajstić information content (AvgIpc) is 2.45. The highest BCUT2D eigenvalue weighted by Crippen LogP contribution is 2.28. The number of methoxy groups -OCH3 is 1. The molecule has 1 N–H and O–H groups in total. The van der Waals surface area contributed by atoms with E-state index in [1.54, 1.807) is 13.2 Å². The van der Waals surface area contributed by atoms with E-state index in [0.29, 0.717) is 0 Å². The van der Waals surface area contributed by atoms with Gasteiger partial charge >= 0.3 is 0 Å². The quantitative estimate of drug-likeness (QED) is 0.867. The molecule has 0 saturated heterocycles. The third kappa shape index (κ3) is 3.70. The van der Waals surface area contributed by atoms with Gasteiger partial charge in [-0.3, -0.25) is 4.98 Å². The van der Waals surface area contributed by atoms with Crippen molar-refractivity contribution in [2.75, 3.05) is 12.4 Å². The fourth-order valence-corrected chi connectivity index (χ4v) is 2.42. The highest BCUT2D eigenvalue weighted by atomic mass is 79.9. The van der Waals surface area contributed by atoms with Gasteiger partial charge in [0.1, 0.15) is 11.6 Å². The first-order valence-electron chi connectivity index (χ1n) is 6.35. The Hall–Kier alpha value is -1.62. The minimum absolute atomic E-state index is 0.0228. The summed E-state index contributed by atoms with van der Waals surface area (Å²) in [6.45, 7) is 2.05. The molecule has 1 heterocycles. The second-order valence-electron chi connectivity index (χ2n) is 4.39. The summed E-state index contributed by atoms with van der Waals surface area (Å²) in [4.78, 5) is 4.13. The Morgan fingerprint density at radius 1 is 1.35 bits per heavy atom. The van der Waals surface area contributed by atoms with E-state index >= 15 is 0 Å². The molecule has 1 atom stereocenters. The van der Waals surface area contributed by atoms with Crippen LogP contribution in [0.2, 0.25) is 0 Å². The van der Waals surface area contributed by atoms with Crippen molar-refractivity contribution in [3.05, 3.63) is 52.5 Å². The van der Waals surface area contributed by atoms with Crippen LogP contribution in [-0.2, 0) is 0 Å². The number of pyridine rings is 1. The summed E-state index contributed by atoms with van der Waals surface area (Å²) in [5, 5.41) is 3.39. The number of benzene rings is 1. The molecule has 20 heavy (non-hydrogen) atoms. The zero-order chi connectivity index (χ0) is 14.5. The lowest BCUT2D eigenvalue weighted by Gasteiger charge is -2.18. The molecule has 0 amide bonds. The number of anilines is 1. The highest BCUT2D eigenvalue weighted by molar-refractivity contribution is 9.10. The first kappa shape index (κ1) is 14.8. The molecule has 0 spiro atoms. The predicted octanol–water partition coefficient (Wildman–Crippen LogP) is 4.56. The fraction of sp³-hybridized carbons (Fsp3) is 0.267. The lowest BCUT2D eigenvalue weighted by molar-refractivity contribution is 0.414. The molecule has 2 aromatic rings. The van der Waals surface area contributed by atoms with Crippen molar-refractivity contribution < 1.29 is 9.13 Å². The molecule has 5 heteroatoms. The predicted molar refractivity (Wildman–Crippen MR) is 81.5 cm³/mol. The lowest BCUT2D eigenvalue weighted by Crippen LogP contribution is -2.11. The normalized spacial score (nSPS) is 12.0. The number of nitrogens with zero attached hydrogens (tertiary/aromatic N) is 1. The van der Waals surface area contributed by atoms with Crippen LogP contribution < -0.4 is 10.1 Å². The maximum absolute atomic E-state index is 12.9. The van der Waals surface area contributed by atoms with Crippen molar-refractivity contribution in [3.63, 3.8) is 0 Å². The largest absolute Gasteiger partial charge is 0.497 e. The van der Waals surface area contributed by atoms with Gasteiger partial charge in [-0.2, -0.15) is 0 Å². The molecule has 0 aliphatic carbocycles.